The normalized spacial score (nSPS) is 14.5. The second-order valence-corrected chi connectivity index (χ2v) is 13.0. The van der Waals surface area contributed by atoms with Crippen molar-refractivity contribution in [3.05, 3.63) is 119 Å². The van der Waals surface area contributed by atoms with Crippen LogP contribution < -0.4 is 38.1 Å². The number of rotatable bonds is 5. The summed E-state index contributed by atoms with van der Waals surface area (Å²) in [7, 11) is 0. The van der Waals surface area contributed by atoms with Crippen molar-refractivity contribution >= 4 is 51.2 Å². The third kappa shape index (κ3) is 13.5. The fraction of sp³-hybridized carbons (Fsp3) is 0.333. The van der Waals surface area contributed by atoms with E-state index in [0.717, 1.165) is 38.4 Å². The van der Waals surface area contributed by atoms with Gasteiger partial charge >= 0.3 is 17.1 Å². The van der Waals surface area contributed by atoms with E-state index in [-0.39, 0.29) is 34.9 Å². The molecule has 66 heavy (non-hydrogen) atoms. The molecule has 0 bridgehead atoms. The van der Waals surface area contributed by atoms with Crippen molar-refractivity contribution in [3.8, 4) is 0 Å². The molecular formula is C36H37F11N10O9. The Kier molecular flexibility index (Phi) is 19.6. The minimum absolute atomic E-state index is 0.0705. The first-order valence-electron chi connectivity index (χ1n) is 18.5. The number of morpholine rings is 3. The fourth-order valence-corrected chi connectivity index (χ4v) is 5.55. The van der Waals surface area contributed by atoms with Crippen LogP contribution in [-0.2, 0) is 14.2 Å². The monoisotopic (exact) mass is 962 g/mol. The van der Waals surface area contributed by atoms with Crippen molar-refractivity contribution in [2.45, 2.75) is 0 Å². The van der Waals surface area contributed by atoms with Gasteiger partial charge in [-0.15, -0.1) is 0 Å². The molecule has 3 fully saturated rings. The summed E-state index contributed by atoms with van der Waals surface area (Å²) < 4.78 is 157. The van der Waals surface area contributed by atoms with Gasteiger partial charge in [-0.1, -0.05) is 0 Å². The molecule has 0 spiro atoms. The fourth-order valence-electron chi connectivity index (χ4n) is 5.55. The zero-order chi connectivity index (χ0) is 49.6. The van der Waals surface area contributed by atoms with E-state index in [1.165, 1.54) is 0 Å². The Bertz CT molecular complexity index is 2310. The third-order valence-electron chi connectivity index (χ3n) is 8.85. The molecule has 7 rings (SSSR count). The molecule has 0 unspecified atom stereocenters. The van der Waals surface area contributed by atoms with E-state index in [1.807, 2.05) is 0 Å². The van der Waals surface area contributed by atoms with Crippen LogP contribution in [0, 0.1) is 94.3 Å². The lowest BCUT2D eigenvalue weighted by atomic mass is 10.2. The molecular weight excluding hydrogens is 925 g/mol. The Morgan fingerprint density at radius 3 is 1.17 bits per heavy atom. The summed E-state index contributed by atoms with van der Waals surface area (Å²) in [5.41, 5.74) is 14.3. The highest BCUT2D eigenvalue weighted by Gasteiger charge is 2.30. The number of nitro benzene ring substituents is 3. The van der Waals surface area contributed by atoms with Crippen LogP contribution in [-0.4, -0.2) is 93.7 Å². The summed E-state index contributed by atoms with van der Waals surface area (Å²) in [4.78, 5) is 30.1. The Balaban J connectivity index is 0.000000225. The summed E-state index contributed by atoms with van der Waals surface area (Å²) in [6, 6.07) is 1.86. The van der Waals surface area contributed by atoms with Crippen molar-refractivity contribution in [1.82, 2.24) is 5.32 Å². The van der Waals surface area contributed by atoms with E-state index in [2.05, 4.69) is 5.32 Å². The van der Waals surface area contributed by atoms with Gasteiger partial charge < -0.3 is 52.3 Å². The van der Waals surface area contributed by atoms with Gasteiger partial charge in [-0.2, -0.15) is 17.6 Å². The molecule has 0 aliphatic carbocycles. The number of nitrogens with zero attached hydrogens (tertiary/aromatic N) is 5. The largest absolute Gasteiger partial charge is 0.395 e. The minimum Gasteiger partial charge on any atom is -0.395 e. The number of ether oxygens (including phenoxy) is 3. The molecule has 0 amide bonds. The van der Waals surface area contributed by atoms with Crippen LogP contribution in [0.3, 0.4) is 0 Å². The SMILES string of the molecule is C1COCCN1.Nc1c(F)c(F)cc(F)c1[N+](=O)[O-].Nc1c(F)c(N2CCOCC2)cc(F)c1[N+](=O)[O-].Nc1c(F)cc(N2CCOCC2)c(F)c1N.O=[N+]([O-])c1c(F)cc(F)c(F)c1F. The molecule has 0 aromatic heterocycles. The van der Waals surface area contributed by atoms with E-state index < -0.39 is 107 Å². The van der Waals surface area contributed by atoms with Crippen LogP contribution in [0.4, 0.5) is 99.5 Å². The Morgan fingerprint density at radius 1 is 0.424 bits per heavy atom. The van der Waals surface area contributed by atoms with E-state index in [4.69, 9.17) is 37.1 Å². The average molecular weight is 963 g/mol. The first-order chi connectivity index (χ1) is 31.0. The summed E-state index contributed by atoms with van der Waals surface area (Å²) in [5.74, 6) is -15.9. The maximum Gasteiger partial charge on any atom is 0.343 e. The number of hydrogen-bond acceptors (Lipinski definition) is 16. The zero-order valence-electron chi connectivity index (χ0n) is 33.7. The van der Waals surface area contributed by atoms with Gasteiger partial charge in [0.1, 0.15) is 5.82 Å². The zero-order valence-corrected chi connectivity index (χ0v) is 33.7. The number of nitrogens with one attached hydrogen (secondary N) is 1. The van der Waals surface area contributed by atoms with Crippen LogP contribution in [0.5, 0.6) is 0 Å². The topological polar surface area (TPSA) is 280 Å². The highest BCUT2D eigenvalue weighted by atomic mass is 19.2. The number of nitrogen functional groups attached to an aromatic ring is 4. The molecule has 30 heteroatoms. The Hall–Kier alpha value is -7.05. The second kappa shape index (κ2) is 24.3. The molecule has 0 atom stereocenters. The van der Waals surface area contributed by atoms with Crippen molar-refractivity contribution in [1.29, 1.82) is 0 Å². The highest BCUT2D eigenvalue weighted by Crippen LogP contribution is 2.35. The molecule has 9 N–H and O–H groups in total. The lowest BCUT2D eigenvalue weighted by molar-refractivity contribution is -0.390. The van der Waals surface area contributed by atoms with E-state index in [9.17, 15) is 78.6 Å². The summed E-state index contributed by atoms with van der Waals surface area (Å²) in [6.45, 7) is 7.38. The van der Waals surface area contributed by atoms with Crippen LogP contribution in [0.2, 0.25) is 0 Å². The van der Waals surface area contributed by atoms with E-state index in [1.54, 1.807) is 9.80 Å². The number of nitrogens with two attached hydrogens (primary N) is 4. The number of benzene rings is 4. The minimum atomic E-state index is -2.14. The molecule has 4 aromatic rings. The van der Waals surface area contributed by atoms with Gasteiger partial charge in [-0.25, -0.2) is 30.7 Å². The molecule has 0 radical (unpaired) electrons. The van der Waals surface area contributed by atoms with Crippen LogP contribution in [0.25, 0.3) is 0 Å². The molecule has 3 aliphatic heterocycles. The maximum absolute atomic E-state index is 13.9. The summed E-state index contributed by atoms with van der Waals surface area (Å²) in [6.07, 6.45) is 0. The first kappa shape index (κ1) is 53.3. The molecule has 19 nitrogen and oxygen atoms in total. The van der Waals surface area contributed by atoms with Gasteiger partial charge in [-0.3, -0.25) is 30.3 Å². The molecule has 0 saturated carbocycles. The predicted molar refractivity (Wildman–Crippen MR) is 213 cm³/mol. The molecule has 3 aliphatic rings. The standard InChI is InChI=1S/C10H11F2N3O3.C10H13F2N3O.C6HF4NO2.C6H3F3N2O2.C4H9NO/c11-6-5-7(14-1-3-18-4-2-14)8(12)9(13)10(6)15(16)17;11-6-5-7(8(12)10(14)9(6)13)15-1-3-16-4-2-15;2*7-2-1-3(8)6(11(12)13)5(10)4(2)9;1-3-6-4-2-5-1/h5H,1-4,13H2;5H,1-4,13-14H2;1H;1H,10H2;5H,1-4H2. The molecule has 362 valence electrons. The van der Waals surface area contributed by atoms with Gasteiger partial charge in [0.2, 0.25) is 29.1 Å². The third-order valence-corrected chi connectivity index (χ3v) is 8.85. The summed E-state index contributed by atoms with van der Waals surface area (Å²) >= 11 is 0. The quantitative estimate of drug-likeness (QED) is 0.0406. The molecule has 4 aromatic carbocycles. The van der Waals surface area contributed by atoms with Gasteiger partial charge in [0.25, 0.3) is 0 Å². The smallest absolute Gasteiger partial charge is 0.343 e. The van der Waals surface area contributed by atoms with Gasteiger partial charge in [0, 0.05) is 63.5 Å². The predicted octanol–water partition coefficient (Wildman–Crippen LogP) is 5.61. The first-order valence-corrected chi connectivity index (χ1v) is 18.5. The average Bonchev–Trinajstić information content (AvgIpc) is 3.28. The number of hydrogen-bond donors (Lipinski definition) is 5. The van der Waals surface area contributed by atoms with E-state index in [0.29, 0.717) is 52.6 Å². The highest BCUT2D eigenvalue weighted by molar-refractivity contribution is 5.72. The van der Waals surface area contributed by atoms with Crippen molar-refractivity contribution in [2.75, 3.05) is 112 Å². The lowest BCUT2D eigenvalue weighted by Crippen LogP contribution is -2.37. The Labute approximate surface area is 364 Å². The number of nitro groups is 3. The van der Waals surface area contributed by atoms with Crippen molar-refractivity contribution < 1.29 is 77.3 Å². The number of halogens is 11. The van der Waals surface area contributed by atoms with E-state index >= 15 is 0 Å². The number of anilines is 6. The molecule has 3 heterocycles. The van der Waals surface area contributed by atoms with Crippen LogP contribution >= 0.6 is 0 Å². The van der Waals surface area contributed by atoms with Crippen LogP contribution in [0.1, 0.15) is 0 Å². The van der Waals surface area contributed by atoms with Crippen molar-refractivity contribution in [2.24, 2.45) is 0 Å². The second-order valence-electron chi connectivity index (χ2n) is 13.0. The van der Waals surface area contributed by atoms with Gasteiger partial charge in [0.15, 0.2) is 40.5 Å². The molecule has 3 saturated heterocycles. The Morgan fingerprint density at radius 2 is 0.773 bits per heavy atom. The lowest BCUT2D eigenvalue weighted by Gasteiger charge is -2.29. The summed E-state index contributed by atoms with van der Waals surface area (Å²) in [5, 5.41) is 33.8. The van der Waals surface area contributed by atoms with Gasteiger partial charge in [-0.05, 0) is 0 Å². The van der Waals surface area contributed by atoms with Crippen molar-refractivity contribution in [3.63, 3.8) is 0 Å². The van der Waals surface area contributed by atoms with Crippen LogP contribution in [0.15, 0.2) is 24.3 Å². The van der Waals surface area contributed by atoms with Gasteiger partial charge in [0.05, 0.1) is 77.2 Å². The maximum atomic E-state index is 13.9.